The first-order chi connectivity index (χ1) is 18.3. The van der Waals surface area contributed by atoms with Crippen LogP contribution in [-0.2, 0) is 35.2 Å². The van der Waals surface area contributed by atoms with Crippen molar-refractivity contribution in [3.63, 3.8) is 0 Å². The Balaban J connectivity index is 2.22. The number of rotatable bonds is 15. The first-order valence-electron chi connectivity index (χ1n) is 12.3. The molecule has 0 radical (unpaired) electrons. The van der Waals surface area contributed by atoms with Gasteiger partial charge in [-0.05, 0) is 24.0 Å². The number of nitrogens with two attached hydrogens (primary N) is 3. The van der Waals surface area contributed by atoms with Gasteiger partial charge in [-0.2, -0.15) is 0 Å². The summed E-state index contributed by atoms with van der Waals surface area (Å²) in [4.78, 5) is 76.5. The molecule has 14 nitrogen and oxygen atoms in total. The van der Waals surface area contributed by atoms with Crippen LogP contribution >= 0.6 is 0 Å². The van der Waals surface area contributed by atoms with Crippen molar-refractivity contribution in [1.82, 2.24) is 20.9 Å². The van der Waals surface area contributed by atoms with Gasteiger partial charge in [0.15, 0.2) is 0 Å². The summed E-state index contributed by atoms with van der Waals surface area (Å²) in [5, 5.41) is 17.6. The Morgan fingerprint density at radius 3 is 2.05 bits per heavy atom. The van der Waals surface area contributed by atoms with Crippen LogP contribution in [0.2, 0.25) is 0 Å². The van der Waals surface area contributed by atoms with E-state index in [9.17, 15) is 33.9 Å². The summed E-state index contributed by atoms with van der Waals surface area (Å²) < 4.78 is 0. The molecule has 0 aliphatic rings. The van der Waals surface area contributed by atoms with E-state index in [2.05, 4.69) is 20.9 Å². The van der Waals surface area contributed by atoms with E-state index in [1.165, 1.54) is 0 Å². The van der Waals surface area contributed by atoms with Crippen LogP contribution in [0.4, 0.5) is 0 Å². The topological polar surface area (TPSA) is 253 Å². The number of carboxylic acids is 1. The number of hydrogen-bond donors (Lipinski definition) is 8. The van der Waals surface area contributed by atoms with Crippen LogP contribution in [0.5, 0.6) is 0 Å². The van der Waals surface area contributed by atoms with Crippen LogP contribution in [-0.4, -0.2) is 69.8 Å². The standard InChI is InChI=1S/C25H35N7O7/c1-12(2)21(28)24(37)31-17(10-20(27)34)23(36)30-16(7-8-19(26)33)22(35)32-18(25(38)39)9-13-11-29-15-6-4-3-5-14(13)15/h3-6,11-12,16-18,21,29H,7-10,28H2,1-2H3,(H2,26,33)(H2,27,34)(H,30,36)(H,31,37)(H,32,35)(H,38,39). The predicted octanol–water partition coefficient (Wildman–Crippen LogP) is -1.63. The van der Waals surface area contributed by atoms with Gasteiger partial charge in [-0.3, -0.25) is 24.0 Å². The molecule has 0 saturated carbocycles. The molecule has 212 valence electrons. The fraction of sp³-hybridized carbons (Fsp3) is 0.440. The van der Waals surface area contributed by atoms with E-state index in [1.54, 1.807) is 32.2 Å². The van der Waals surface area contributed by atoms with Crippen molar-refractivity contribution in [2.24, 2.45) is 23.1 Å². The van der Waals surface area contributed by atoms with Crippen molar-refractivity contribution in [1.29, 1.82) is 0 Å². The van der Waals surface area contributed by atoms with Crippen molar-refractivity contribution in [2.45, 2.75) is 63.7 Å². The van der Waals surface area contributed by atoms with E-state index >= 15 is 0 Å². The lowest BCUT2D eigenvalue weighted by Gasteiger charge is -2.25. The molecule has 2 aromatic rings. The summed E-state index contributed by atoms with van der Waals surface area (Å²) in [6, 6.07) is 1.98. The summed E-state index contributed by atoms with van der Waals surface area (Å²) >= 11 is 0. The number of carboxylic acid groups (broad SMARTS) is 1. The zero-order valence-corrected chi connectivity index (χ0v) is 21.7. The first-order valence-corrected chi connectivity index (χ1v) is 12.3. The average Bonchev–Trinajstić information content (AvgIpc) is 3.27. The molecule has 0 aliphatic carbocycles. The maximum absolute atomic E-state index is 13.1. The minimum atomic E-state index is -1.47. The monoisotopic (exact) mass is 545 g/mol. The lowest BCUT2D eigenvalue weighted by Crippen LogP contribution is -2.58. The molecule has 39 heavy (non-hydrogen) atoms. The second-order valence-corrected chi connectivity index (χ2v) is 9.53. The minimum Gasteiger partial charge on any atom is -0.480 e. The Kier molecular flexibility index (Phi) is 11.0. The quantitative estimate of drug-likeness (QED) is 0.129. The van der Waals surface area contributed by atoms with Crippen molar-refractivity contribution in [3.05, 3.63) is 36.0 Å². The number of aliphatic carboxylic acids is 1. The van der Waals surface area contributed by atoms with E-state index in [-0.39, 0.29) is 25.2 Å². The van der Waals surface area contributed by atoms with Gasteiger partial charge in [0, 0.05) is 29.9 Å². The number of carbonyl (C=O) groups is 6. The maximum atomic E-state index is 13.1. The lowest BCUT2D eigenvalue weighted by molar-refractivity contribution is -0.142. The van der Waals surface area contributed by atoms with Gasteiger partial charge in [-0.1, -0.05) is 32.0 Å². The molecule has 14 heteroatoms. The summed E-state index contributed by atoms with van der Waals surface area (Å²) in [6.45, 7) is 3.37. The van der Waals surface area contributed by atoms with E-state index < -0.39 is 66.1 Å². The Bertz CT molecular complexity index is 1230. The second kappa shape index (κ2) is 13.9. The molecule has 0 spiro atoms. The molecule has 0 saturated heterocycles. The number of benzene rings is 1. The number of amides is 5. The van der Waals surface area contributed by atoms with Gasteiger partial charge in [0.25, 0.3) is 0 Å². The van der Waals surface area contributed by atoms with Crippen LogP contribution in [0.1, 0.15) is 38.7 Å². The minimum absolute atomic E-state index is 0.0744. The molecule has 4 unspecified atom stereocenters. The maximum Gasteiger partial charge on any atom is 0.326 e. The highest BCUT2D eigenvalue weighted by Crippen LogP contribution is 2.19. The Labute approximate surface area is 224 Å². The molecule has 0 bridgehead atoms. The van der Waals surface area contributed by atoms with E-state index in [0.29, 0.717) is 5.56 Å². The fourth-order valence-electron chi connectivity index (χ4n) is 3.80. The third-order valence-electron chi connectivity index (χ3n) is 6.09. The van der Waals surface area contributed by atoms with Gasteiger partial charge in [0.05, 0.1) is 12.5 Å². The van der Waals surface area contributed by atoms with Gasteiger partial charge in [-0.25, -0.2) is 4.79 Å². The number of primary amides is 2. The van der Waals surface area contributed by atoms with Crippen LogP contribution < -0.4 is 33.2 Å². The van der Waals surface area contributed by atoms with Crippen molar-refractivity contribution in [3.8, 4) is 0 Å². The van der Waals surface area contributed by atoms with Gasteiger partial charge in [0.2, 0.25) is 29.5 Å². The van der Waals surface area contributed by atoms with E-state index in [0.717, 1.165) is 10.9 Å². The molecular formula is C25H35N7O7. The average molecular weight is 546 g/mol. The highest BCUT2D eigenvalue weighted by atomic mass is 16.4. The van der Waals surface area contributed by atoms with Gasteiger partial charge >= 0.3 is 5.97 Å². The number of H-pyrrole nitrogens is 1. The molecule has 1 aromatic heterocycles. The molecule has 1 heterocycles. The zero-order chi connectivity index (χ0) is 29.3. The van der Waals surface area contributed by atoms with Gasteiger partial charge in [0.1, 0.15) is 18.1 Å². The van der Waals surface area contributed by atoms with E-state index in [4.69, 9.17) is 17.2 Å². The first kappa shape index (κ1) is 30.8. The Morgan fingerprint density at radius 1 is 0.872 bits per heavy atom. The molecule has 11 N–H and O–H groups in total. The molecular weight excluding hydrogens is 510 g/mol. The molecule has 0 fully saturated rings. The van der Waals surface area contributed by atoms with Crippen LogP contribution in [0.25, 0.3) is 10.9 Å². The SMILES string of the molecule is CC(C)C(N)C(=O)NC(CC(N)=O)C(=O)NC(CCC(N)=O)C(=O)NC(Cc1c[nH]c2ccccc12)C(=O)O. The number of aromatic nitrogens is 1. The van der Waals surface area contributed by atoms with Crippen LogP contribution in [0.3, 0.4) is 0 Å². The van der Waals surface area contributed by atoms with Crippen molar-refractivity contribution < 1.29 is 33.9 Å². The number of nitrogens with one attached hydrogen (secondary N) is 4. The summed E-state index contributed by atoms with van der Waals surface area (Å²) in [7, 11) is 0. The smallest absolute Gasteiger partial charge is 0.326 e. The van der Waals surface area contributed by atoms with Crippen LogP contribution in [0.15, 0.2) is 30.5 Å². The number of aromatic amines is 1. The Morgan fingerprint density at radius 2 is 1.46 bits per heavy atom. The fourth-order valence-corrected chi connectivity index (χ4v) is 3.80. The summed E-state index contributed by atoms with van der Waals surface area (Å²) in [6.07, 6.45) is 0.386. The highest BCUT2D eigenvalue weighted by Gasteiger charge is 2.32. The predicted molar refractivity (Wildman–Crippen MR) is 140 cm³/mol. The van der Waals surface area contributed by atoms with Gasteiger partial charge < -0.3 is 43.2 Å². The number of para-hydroxylation sites is 1. The normalized spacial score (nSPS) is 14.2. The second-order valence-electron chi connectivity index (χ2n) is 9.53. The summed E-state index contributed by atoms with van der Waals surface area (Å²) in [5.41, 5.74) is 17.7. The van der Waals surface area contributed by atoms with Crippen molar-refractivity contribution >= 4 is 46.4 Å². The van der Waals surface area contributed by atoms with Gasteiger partial charge in [-0.15, -0.1) is 0 Å². The molecule has 5 amide bonds. The molecule has 4 atom stereocenters. The number of hydrogen-bond acceptors (Lipinski definition) is 7. The van der Waals surface area contributed by atoms with Crippen molar-refractivity contribution in [2.75, 3.05) is 0 Å². The molecule has 2 rings (SSSR count). The van der Waals surface area contributed by atoms with E-state index in [1.807, 2.05) is 12.1 Å². The van der Waals surface area contributed by atoms with Crippen LogP contribution in [0, 0.1) is 5.92 Å². The summed E-state index contributed by atoms with van der Waals surface area (Å²) in [5.74, 6) is -5.84. The third-order valence-corrected chi connectivity index (χ3v) is 6.09. The number of fused-ring (bicyclic) bond motifs is 1. The highest BCUT2D eigenvalue weighted by molar-refractivity contribution is 5.96. The lowest BCUT2D eigenvalue weighted by atomic mass is 10.0. The third kappa shape index (κ3) is 9.10. The Hall–Kier alpha value is -4.46. The zero-order valence-electron chi connectivity index (χ0n) is 21.7. The molecule has 0 aliphatic heterocycles. The number of carbonyl (C=O) groups excluding carboxylic acids is 5. The molecule has 1 aromatic carbocycles. The largest absolute Gasteiger partial charge is 0.480 e.